The lowest BCUT2D eigenvalue weighted by Gasteiger charge is -2.15. The normalized spacial score (nSPS) is 12.3. The molecule has 0 aliphatic rings. The highest BCUT2D eigenvalue weighted by atomic mass is 16.5. The summed E-state index contributed by atoms with van der Waals surface area (Å²) in [4.78, 5) is 0. The molecule has 0 spiro atoms. The van der Waals surface area contributed by atoms with E-state index < -0.39 is 0 Å². The van der Waals surface area contributed by atoms with E-state index in [1.807, 2.05) is 0 Å². The Balaban J connectivity index is 1.87. The van der Waals surface area contributed by atoms with Crippen molar-refractivity contribution in [2.75, 3.05) is 7.11 Å². The van der Waals surface area contributed by atoms with E-state index in [-0.39, 0.29) is 0 Å². The second-order valence-corrected chi connectivity index (χ2v) is 5.61. The van der Waals surface area contributed by atoms with Crippen molar-refractivity contribution in [3.8, 4) is 5.75 Å². The van der Waals surface area contributed by atoms with E-state index in [4.69, 9.17) is 4.74 Å². The van der Waals surface area contributed by atoms with Gasteiger partial charge < -0.3 is 10.1 Å². The van der Waals surface area contributed by atoms with Gasteiger partial charge in [0.2, 0.25) is 0 Å². The lowest BCUT2D eigenvalue weighted by molar-refractivity contribution is -0.707. The minimum absolute atomic E-state index is 0.421. The van der Waals surface area contributed by atoms with Crippen molar-refractivity contribution in [3.05, 3.63) is 77.9 Å². The second-order valence-electron chi connectivity index (χ2n) is 5.61. The highest BCUT2D eigenvalue weighted by Gasteiger charge is 2.13. The van der Waals surface area contributed by atoms with Crippen molar-refractivity contribution in [2.45, 2.75) is 19.5 Å². The molecule has 0 aliphatic heterocycles. The zero-order chi connectivity index (χ0) is 15.4. The summed E-state index contributed by atoms with van der Waals surface area (Å²) in [5.41, 5.74) is 2.62. The Morgan fingerprint density at radius 2 is 1.64 bits per heavy atom. The van der Waals surface area contributed by atoms with Gasteiger partial charge in [-0.25, -0.2) is 0 Å². The van der Waals surface area contributed by atoms with E-state index in [1.165, 1.54) is 21.9 Å². The third-order valence-electron chi connectivity index (χ3n) is 4.22. The van der Waals surface area contributed by atoms with Crippen LogP contribution in [0.3, 0.4) is 0 Å². The highest BCUT2D eigenvalue weighted by molar-refractivity contribution is 5.87. The molecule has 0 bridgehead atoms. The molecule has 22 heavy (non-hydrogen) atoms. The topological polar surface area (TPSA) is 25.8 Å². The van der Waals surface area contributed by atoms with Crippen LogP contribution >= 0.6 is 0 Å². The number of hydrogen-bond donors (Lipinski definition) is 1. The number of nitrogens with two attached hydrogens (primary N) is 1. The largest absolute Gasteiger partial charge is 0.496 e. The van der Waals surface area contributed by atoms with Crippen LogP contribution in [-0.4, -0.2) is 7.11 Å². The SMILES string of the molecule is COc1ccc2ccccc2c1C[NH2+][C@@H](C)c1ccccc1. The van der Waals surface area contributed by atoms with Crippen molar-refractivity contribution in [1.29, 1.82) is 0 Å². The van der Waals surface area contributed by atoms with Gasteiger partial charge in [-0.2, -0.15) is 0 Å². The first-order valence-electron chi connectivity index (χ1n) is 7.72. The predicted molar refractivity (Wildman–Crippen MR) is 91.0 cm³/mol. The third kappa shape index (κ3) is 2.97. The summed E-state index contributed by atoms with van der Waals surface area (Å²) in [6, 6.07) is 23.7. The van der Waals surface area contributed by atoms with E-state index >= 15 is 0 Å². The zero-order valence-corrected chi connectivity index (χ0v) is 13.1. The van der Waals surface area contributed by atoms with Gasteiger partial charge in [-0.05, 0) is 23.8 Å². The maximum absolute atomic E-state index is 5.57. The molecule has 0 saturated heterocycles. The Morgan fingerprint density at radius 1 is 0.909 bits per heavy atom. The summed E-state index contributed by atoms with van der Waals surface area (Å²) < 4.78 is 5.57. The summed E-state index contributed by atoms with van der Waals surface area (Å²) in [5, 5.41) is 4.90. The van der Waals surface area contributed by atoms with E-state index in [0.29, 0.717) is 6.04 Å². The molecule has 0 aromatic heterocycles. The Kier molecular flexibility index (Phi) is 4.40. The van der Waals surface area contributed by atoms with Crippen LogP contribution in [0.5, 0.6) is 5.75 Å². The fourth-order valence-electron chi connectivity index (χ4n) is 2.91. The minimum Gasteiger partial charge on any atom is -0.496 e. The van der Waals surface area contributed by atoms with E-state index in [9.17, 15) is 0 Å². The van der Waals surface area contributed by atoms with Gasteiger partial charge >= 0.3 is 0 Å². The lowest BCUT2D eigenvalue weighted by Crippen LogP contribution is -2.83. The first-order valence-corrected chi connectivity index (χ1v) is 7.72. The van der Waals surface area contributed by atoms with Crippen LogP contribution in [0.1, 0.15) is 24.1 Å². The number of fused-ring (bicyclic) bond motifs is 1. The maximum atomic E-state index is 5.57. The fourth-order valence-corrected chi connectivity index (χ4v) is 2.91. The Bertz CT molecular complexity index is 752. The summed E-state index contributed by atoms with van der Waals surface area (Å²) in [7, 11) is 1.74. The van der Waals surface area contributed by atoms with Crippen molar-refractivity contribution in [2.24, 2.45) is 0 Å². The first kappa shape index (κ1) is 14.6. The van der Waals surface area contributed by atoms with Gasteiger partial charge in [0.05, 0.1) is 12.7 Å². The van der Waals surface area contributed by atoms with Crippen LogP contribution in [0.2, 0.25) is 0 Å². The van der Waals surface area contributed by atoms with Crippen LogP contribution in [0.4, 0.5) is 0 Å². The van der Waals surface area contributed by atoms with Gasteiger partial charge in [0.15, 0.2) is 0 Å². The van der Waals surface area contributed by atoms with Crippen LogP contribution < -0.4 is 10.1 Å². The average Bonchev–Trinajstić information content (AvgIpc) is 2.60. The molecule has 2 heteroatoms. The molecule has 3 aromatic carbocycles. The third-order valence-corrected chi connectivity index (χ3v) is 4.22. The van der Waals surface area contributed by atoms with Gasteiger partial charge in [0, 0.05) is 5.56 Å². The Labute approximate surface area is 131 Å². The number of hydrogen-bond acceptors (Lipinski definition) is 1. The van der Waals surface area contributed by atoms with Gasteiger partial charge in [0.25, 0.3) is 0 Å². The van der Waals surface area contributed by atoms with Crippen LogP contribution in [0.15, 0.2) is 66.7 Å². The van der Waals surface area contributed by atoms with Crippen molar-refractivity contribution < 1.29 is 10.1 Å². The highest BCUT2D eigenvalue weighted by Crippen LogP contribution is 2.27. The quantitative estimate of drug-likeness (QED) is 0.763. The molecule has 0 heterocycles. The lowest BCUT2D eigenvalue weighted by atomic mass is 10.0. The summed E-state index contributed by atoms with van der Waals surface area (Å²) in [6.07, 6.45) is 0. The van der Waals surface area contributed by atoms with Gasteiger partial charge in [-0.3, -0.25) is 0 Å². The first-order chi connectivity index (χ1) is 10.8. The molecule has 0 unspecified atom stereocenters. The van der Waals surface area contributed by atoms with Crippen molar-refractivity contribution >= 4 is 10.8 Å². The van der Waals surface area contributed by atoms with E-state index in [2.05, 4.69) is 79.0 Å². The number of methoxy groups -OCH3 is 1. The number of rotatable bonds is 5. The van der Waals surface area contributed by atoms with Crippen molar-refractivity contribution in [1.82, 2.24) is 0 Å². The molecule has 2 nitrogen and oxygen atoms in total. The van der Waals surface area contributed by atoms with E-state index in [1.54, 1.807) is 7.11 Å². The Hall–Kier alpha value is -2.32. The maximum Gasteiger partial charge on any atom is 0.128 e. The molecule has 2 N–H and O–H groups in total. The fraction of sp³-hybridized carbons (Fsp3) is 0.200. The van der Waals surface area contributed by atoms with Crippen LogP contribution in [-0.2, 0) is 6.54 Å². The summed E-state index contributed by atoms with van der Waals surface area (Å²) in [6.45, 7) is 3.15. The number of quaternary nitrogens is 1. The van der Waals surface area contributed by atoms with Crippen LogP contribution in [0.25, 0.3) is 10.8 Å². The molecule has 3 aromatic rings. The van der Waals surface area contributed by atoms with Gasteiger partial charge in [0.1, 0.15) is 18.3 Å². The predicted octanol–water partition coefficient (Wildman–Crippen LogP) is 3.67. The van der Waals surface area contributed by atoms with Gasteiger partial charge in [-0.1, -0.05) is 60.7 Å². The van der Waals surface area contributed by atoms with Crippen LogP contribution in [0, 0.1) is 0 Å². The van der Waals surface area contributed by atoms with E-state index in [0.717, 1.165) is 12.3 Å². The molecule has 0 radical (unpaired) electrons. The molecule has 0 saturated carbocycles. The molecular weight excluding hydrogens is 270 g/mol. The number of benzene rings is 3. The molecule has 1 atom stereocenters. The average molecular weight is 292 g/mol. The monoisotopic (exact) mass is 292 g/mol. The van der Waals surface area contributed by atoms with Crippen molar-refractivity contribution in [3.63, 3.8) is 0 Å². The molecule has 0 aliphatic carbocycles. The summed E-state index contributed by atoms with van der Waals surface area (Å²) in [5.74, 6) is 0.968. The molecule has 112 valence electrons. The summed E-state index contributed by atoms with van der Waals surface area (Å²) >= 11 is 0. The Morgan fingerprint density at radius 3 is 2.41 bits per heavy atom. The van der Waals surface area contributed by atoms with Gasteiger partial charge in [-0.15, -0.1) is 0 Å². The zero-order valence-electron chi connectivity index (χ0n) is 13.1. The second kappa shape index (κ2) is 6.63. The smallest absolute Gasteiger partial charge is 0.128 e. The minimum atomic E-state index is 0.421. The molecule has 0 fully saturated rings. The number of ether oxygens (including phenoxy) is 1. The standard InChI is InChI=1S/C20H21NO/c1-15(16-8-4-3-5-9-16)21-14-19-18-11-7-6-10-17(18)12-13-20(19)22-2/h3-13,15,21H,14H2,1-2H3/p+1/t15-/m0/s1. The molecular formula is C20H22NO+. The molecule has 0 amide bonds. The molecule has 3 rings (SSSR count).